The molecule has 2 aromatic carbocycles. The van der Waals surface area contributed by atoms with Crippen molar-refractivity contribution in [3.05, 3.63) is 58.3 Å². The van der Waals surface area contributed by atoms with E-state index >= 15 is 0 Å². The van der Waals surface area contributed by atoms with Crippen molar-refractivity contribution < 1.29 is 22.7 Å². The maximum Gasteiger partial charge on any atom is 0.337 e. The van der Waals surface area contributed by atoms with E-state index in [0.717, 1.165) is 24.3 Å². The zero-order valence-corrected chi connectivity index (χ0v) is 12.8. The topological polar surface area (TPSA) is 83.5 Å². The molecule has 0 heterocycles. The Kier molecular flexibility index (Phi) is 4.29. The van der Waals surface area contributed by atoms with E-state index in [1.54, 1.807) is 0 Å². The summed E-state index contributed by atoms with van der Waals surface area (Å²) in [5.41, 5.74) is -0.288. The normalized spacial score (nSPS) is 11.1. The third-order valence-electron chi connectivity index (χ3n) is 2.60. The molecule has 0 saturated carbocycles. The van der Waals surface area contributed by atoms with E-state index in [4.69, 9.17) is 5.11 Å². The highest BCUT2D eigenvalue weighted by atomic mass is 79.9. The molecule has 0 bridgehead atoms. The average Bonchev–Trinajstić information content (AvgIpc) is 2.41. The van der Waals surface area contributed by atoms with Crippen LogP contribution in [0.25, 0.3) is 0 Å². The number of carboxylic acid groups (broad SMARTS) is 1. The Labute approximate surface area is 128 Å². The van der Waals surface area contributed by atoms with Crippen LogP contribution in [0.2, 0.25) is 0 Å². The molecule has 21 heavy (non-hydrogen) atoms. The highest BCUT2D eigenvalue weighted by Crippen LogP contribution is 2.29. The smallest absolute Gasteiger partial charge is 0.337 e. The van der Waals surface area contributed by atoms with Gasteiger partial charge in [0.25, 0.3) is 10.0 Å². The average molecular weight is 374 g/mol. The molecule has 110 valence electrons. The Morgan fingerprint density at radius 2 is 1.76 bits per heavy atom. The lowest BCUT2D eigenvalue weighted by Crippen LogP contribution is -2.16. The largest absolute Gasteiger partial charge is 0.478 e. The zero-order chi connectivity index (χ0) is 15.6. The van der Waals surface area contributed by atoms with Crippen LogP contribution in [0.1, 0.15) is 10.4 Å². The molecule has 2 aromatic rings. The fourth-order valence-corrected chi connectivity index (χ4v) is 3.31. The number of hydrogen-bond donors (Lipinski definition) is 2. The summed E-state index contributed by atoms with van der Waals surface area (Å²) < 4.78 is 39.7. The fraction of sp³-hybridized carbons (Fsp3) is 0. The first-order valence-electron chi connectivity index (χ1n) is 5.61. The lowest BCUT2D eigenvalue weighted by Gasteiger charge is -2.12. The molecular formula is C13H9BrFNO4S. The maximum absolute atomic E-state index is 12.8. The van der Waals surface area contributed by atoms with Crippen LogP contribution in [0.4, 0.5) is 10.1 Å². The summed E-state index contributed by atoms with van der Waals surface area (Å²) in [7, 11) is -4.02. The van der Waals surface area contributed by atoms with Gasteiger partial charge in [-0.3, -0.25) is 4.72 Å². The first-order chi connectivity index (χ1) is 9.81. The molecule has 0 aromatic heterocycles. The second kappa shape index (κ2) is 5.82. The van der Waals surface area contributed by atoms with E-state index in [1.807, 2.05) is 0 Å². The van der Waals surface area contributed by atoms with Crippen LogP contribution in [-0.2, 0) is 10.0 Å². The van der Waals surface area contributed by atoms with Crippen molar-refractivity contribution in [3.8, 4) is 0 Å². The highest BCUT2D eigenvalue weighted by molar-refractivity contribution is 9.10. The van der Waals surface area contributed by atoms with E-state index in [0.29, 0.717) is 0 Å². The number of nitrogens with one attached hydrogen (secondary N) is 1. The monoisotopic (exact) mass is 373 g/mol. The van der Waals surface area contributed by atoms with Crippen molar-refractivity contribution in [2.45, 2.75) is 4.90 Å². The summed E-state index contributed by atoms with van der Waals surface area (Å²) in [4.78, 5) is 11.0. The molecule has 0 fully saturated rings. The first kappa shape index (κ1) is 15.5. The molecule has 0 aliphatic carbocycles. The van der Waals surface area contributed by atoms with Crippen LogP contribution in [0.3, 0.4) is 0 Å². The van der Waals surface area contributed by atoms with Gasteiger partial charge >= 0.3 is 5.97 Å². The van der Waals surface area contributed by atoms with Crippen LogP contribution in [0.5, 0.6) is 0 Å². The van der Waals surface area contributed by atoms with Gasteiger partial charge in [-0.25, -0.2) is 17.6 Å². The predicted molar refractivity (Wildman–Crippen MR) is 78.3 cm³/mol. The van der Waals surface area contributed by atoms with Gasteiger partial charge in [0.15, 0.2) is 0 Å². The standard InChI is InChI=1S/C13H9BrFNO4S/c14-11-3-1-2-10(13(17)18)12(11)16-21(19,20)9-6-4-8(15)5-7-9/h1-7,16H,(H,17,18). The van der Waals surface area contributed by atoms with Gasteiger partial charge in [-0.05, 0) is 52.3 Å². The molecule has 0 aliphatic rings. The summed E-state index contributed by atoms with van der Waals surface area (Å²) in [6.07, 6.45) is 0. The Morgan fingerprint density at radius 1 is 1.14 bits per heavy atom. The van der Waals surface area contributed by atoms with Crippen molar-refractivity contribution in [1.82, 2.24) is 0 Å². The first-order valence-corrected chi connectivity index (χ1v) is 7.89. The molecule has 8 heteroatoms. The highest BCUT2D eigenvalue weighted by Gasteiger charge is 2.20. The van der Waals surface area contributed by atoms with Gasteiger partial charge in [-0.1, -0.05) is 6.07 Å². The van der Waals surface area contributed by atoms with E-state index in [2.05, 4.69) is 20.7 Å². The van der Waals surface area contributed by atoms with Gasteiger partial charge in [0.1, 0.15) is 5.82 Å². The maximum atomic E-state index is 12.8. The zero-order valence-electron chi connectivity index (χ0n) is 10.4. The van der Waals surface area contributed by atoms with Gasteiger partial charge in [0.2, 0.25) is 0 Å². The number of carboxylic acids is 1. The molecule has 0 saturated heterocycles. The van der Waals surface area contributed by atoms with Crippen molar-refractivity contribution in [1.29, 1.82) is 0 Å². The van der Waals surface area contributed by atoms with Gasteiger partial charge in [-0.15, -0.1) is 0 Å². The van der Waals surface area contributed by atoms with Crippen molar-refractivity contribution >= 4 is 37.6 Å². The Bertz CT molecular complexity index is 790. The van der Waals surface area contributed by atoms with E-state index in [9.17, 15) is 17.6 Å². The summed E-state index contributed by atoms with van der Waals surface area (Å²) >= 11 is 3.10. The molecule has 2 rings (SSSR count). The number of carbonyl (C=O) groups is 1. The Hall–Kier alpha value is -1.93. The molecule has 0 amide bonds. The van der Waals surface area contributed by atoms with Crippen LogP contribution in [-0.4, -0.2) is 19.5 Å². The van der Waals surface area contributed by atoms with Crippen LogP contribution < -0.4 is 4.72 Å². The minimum absolute atomic E-state index is 0.0886. The molecular weight excluding hydrogens is 365 g/mol. The summed E-state index contributed by atoms with van der Waals surface area (Å²) in [5, 5.41) is 9.09. The quantitative estimate of drug-likeness (QED) is 0.862. The van der Waals surface area contributed by atoms with Gasteiger partial charge in [0, 0.05) is 4.47 Å². The molecule has 0 radical (unpaired) electrons. The lowest BCUT2D eigenvalue weighted by atomic mass is 10.2. The molecule has 5 nitrogen and oxygen atoms in total. The SMILES string of the molecule is O=C(O)c1cccc(Br)c1NS(=O)(=O)c1ccc(F)cc1. The van der Waals surface area contributed by atoms with Crippen LogP contribution in [0, 0.1) is 5.82 Å². The van der Waals surface area contributed by atoms with Crippen LogP contribution in [0.15, 0.2) is 51.8 Å². The van der Waals surface area contributed by atoms with Crippen molar-refractivity contribution in [2.75, 3.05) is 4.72 Å². The van der Waals surface area contributed by atoms with E-state index < -0.39 is 21.8 Å². The number of sulfonamides is 1. The summed E-state index contributed by atoms with van der Waals surface area (Å²) in [6, 6.07) is 8.46. The number of benzene rings is 2. The Balaban J connectivity index is 2.46. The second-order valence-corrected chi connectivity index (χ2v) is 6.56. The number of rotatable bonds is 4. The van der Waals surface area contributed by atoms with E-state index in [1.165, 1.54) is 18.2 Å². The Morgan fingerprint density at radius 3 is 2.33 bits per heavy atom. The van der Waals surface area contributed by atoms with Gasteiger partial charge < -0.3 is 5.11 Å². The number of aromatic carboxylic acids is 1. The third kappa shape index (κ3) is 3.40. The molecule has 0 spiro atoms. The molecule has 2 N–H and O–H groups in total. The van der Waals surface area contributed by atoms with Crippen molar-refractivity contribution in [2.24, 2.45) is 0 Å². The number of halogens is 2. The molecule has 0 unspecified atom stereocenters. The molecule has 0 atom stereocenters. The minimum atomic E-state index is -4.02. The van der Waals surface area contributed by atoms with Gasteiger partial charge in [-0.2, -0.15) is 0 Å². The van der Waals surface area contributed by atoms with Crippen LogP contribution >= 0.6 is 15.9 Å². The second-order valence-electron chi connectivity index (χ2n) is 4.03. The third-order valence-corrected chi connectivity index (χ3v) is 4.63. The number of para-hydroxylation sites is 1. The number of hydrogen-bond acceptors (Lipinski definition) is 3. The van der Waals surface area contributed by atoms with E-state index in [-0.39, 0.29) is 20.6 Å². The summed E-state index contributed by atoms with van der Waals surface area (Å²) in [5.74, 6) is -1.84. The van der Waals surface area contributed by atoms with Gasteiger partial charge in [0.05, 0.1) is 16.1 Å². The lowest BCUT2D eigenvalue weighted by molar-refractivity contribution is 0.0698. The minimum Gasteiger partial charge on any atom is -0.478 e. The summed E-state index contributed by atoms with van der Waals surface area (Å²) in [6.45, 7) is 0. The van der Waals surface area contributed by atoms with Crippen molar-refractivity contribution in [3.63, 3.8) is 0 Å². The fourth-order valence-electron chi connectivity index (χ4n) is 1.61. The predicted octanol–water partition coefficient (Wildman–Crippen LogP) is 3.09. The molecule has 0 aliphatic heterocycles. The number of anilines is 1.